The summed E-state index contributed by atoms with van der Waals surface area (Å²) < 4.78 is 11.2. The summed E-state index contributed by atoms with van der Waals surface area (Å²) in [4.78, 5) is 4.57. The minimum absolute atomic E-state index is 0.0811. The summed E-state index contributed by atoms with van der Waals surface area (Å²) >= 11 is 0. The number of methoxy groups -OCH3 is 1. The topological polar surface area (TPSA) is 42.8 Å². The summed E-state index contributed by atoms with van der Waals surface area (Å²) in [5, 5.41) is 3.39. The molecule has 1 fully saturated rings. The third-order valence-corrected chi connectivity index (χ3v) is 4.12. The lowest BCUT2D eigenvalue weighted by atomic mass is 9.95. The van der Waals surface area contributed by atoms with E-state index in [0.29, 0.717) is 0 Å². The maximum atomic E-state index is 6.01. The van der Waals surface area contributed by atoms with Crippen molar-refractivity contribution in [3.63, 3.8) is 0 Å². The Morgan fingerprint density at radius 2 is 2.00 bits per heavy atom. The first kappa shape index (κ1) is 13.4. The van der Waals surface area contributed by atoms with Crippen LogP contribution in [-0.4, -0.2) is 32.6 Å². The molecular formula is C16H22N2O2. The molecule has 1 aromatic rings. The first-order chi connectivity index (χ1) is 9.85. The van der Waals surface area contributed by atoms with Gasteiger partial charge in [-0.1, -0.05) is 12.1 Å². The standard InChI is InChI=1S/C16H22N2O2/c1-19-14-4-2-13(3-5-14)15-11-18-16(20-15)10-12-6-8-17-9-7-12/h2-5,12,15,17H,6-11H2,1H3. The summed E-state index contributed by atoms with van der Waals surface area (Å²) in [6.07, 6.45) is 3.54. The zero-order valence-electron chi connectivity index (χ0n) is 12.0. The molecule has 2 heterocycles. The van der Waals surface area contributed by atoms with E-state index >= 15 is 0 Å². The van der Waals surface area contributed by atoms with Gasteiger partial charge in [0.25, 0.3) is 0 Å². The van der Waals surface area contributed by atoms with Crippen LogP contribution < -0.4 is 10.1 Å². The molecule has 1 atom stereocenters. The lowest BCUT2D eigenvalue weighted by molar-refractivity contribution is 0.216. The lowest BCUT2D eigenvalue weighted by Gasteiger charge is -2.22. The molecule has 108 valence electrons. The summed E-state index contributed by atoms with van der Waals surface area (Å²) in [7, 11) is 1.68. The molecule has 4 heteroatoms. The minimum atomic E-state index is 0.0811. The zero-order chi connectivity index (χ0) is 13.8. The molecule has 1 unspecified atom stereocenters. The molecule has 2 aliphatic rings. The summed E-state index contributed by atoms with van der Waals surface area (Å²) in [5.41, 5.74) is 1.18. The predicted molar refractivity (Wildman–Crippen MR) is 79.3 cm³/mol. The Morgan fingerprint density at radius 3 is 2.70 bits per heavy atom. The highest BCUT2D eigenvalue weighted by atomic mass is 16.5. The molecule has 0 aliphatic carbocycles. The summed E-state index contributed by atoms with van der Waals surface area (Å²) in [6.45, 7) is 2.99. The first-order valence-corrected chi connectivity index (χ1v) is 7.40. The number of hydrogen-bond acceptors (Lipinski definition) is 4. The molecule has 0 amide bonds. The van der Waals surface area contributed by atoms with Crippen LogP contribution in [0.2, 0.25) is 0 Å². The molecular weight excluding hydrogens is 252 g/mol. The van der Waals surface area contributed by atoms with Crippen LogP contribution in [-0.2, 0) is 4.74 Å². The van der Waals surface area contributed by atoms with Crippen molar-refractivity contribution in [2.24, 2.45) is 10.9 Å². The third kappa shape index (κ3) is 3.12. The number of aliphatic imine (C=N–C) groups is 1. The van der Waals surface area contributed by atoms with Gasteiger partial charge in [0.05, 0.1) is 13.7 Å². The monoisotopic (exact) mass is 274 g/mol. The SMILES string of the molecule is COc1ccc(C2CN=C(CC3CCNCC3)O2)cc1. The number of nitrogens with zero attached hydrogens (tertiary/aromatic N) is 1. The van der Waals surface area contributed by atoms with Crippen molar-refractivity contribution < 1.29 is 9.47 Å². The van der Waals surface area contributed by atoms with Crippen molar-refractivity contribution in [3.05, 3.63) is 29.8 Å². The molecule has 4 nitrogen and oxygen atoms in total. The Bertz CT molecular complexity index is 464. The highest BCUT2D eigenvalue weighted by Gasteiger charge is 2.24. The van der Waals surface area contributed by atoms with Crippen LogP contribution >= 0.6 is 0 Å². The number of nitrogens with one attached hydrogen (secondary N) is 1. The van der Waals surface area contributed by atoms with E-state index in [4.69, 9.17) is 9.47 Å². The van der Waals surface area contributed by atoms with Crippen molar-refractivity contribution in [1.29, 1.82) is 0 Å². The van der Waals surface area contributed by atoms with Gasteiger partial charge in [-0.2, -0.15) is 0 Å². The van der Waals surface area contributed by atoms with Crippen LogP contribution in [0, 0.1) is 5.92 Å². The van der Waals surface area contributed by atoms with E-state index in [1.807, 2.05) is 12.1 Å². The third-order valence-electron chi connectivity index (χ3n) is 4.12. The molecule has 20 heavy (non-hydrogen) atoms. The van der Waals surface area contributed by atoms with Gasteiger partial charge in [0.15, 0.2) is 5.90 Å². The van der Waals surface area contributed by atoms with Gasteiger partial charge in [-0.15, -0.1) is 0 Å². The maximum Gasteiger partial charge on any atom is 0.184 e. The maximum absolute atomic E-state index is 6.01. The molecule has 0 aromatic heterocycles. The van der Waals surface area contributed by atoms with Crippen molar-refractivity contribution in [3.8, 4) is 5.75 Å². The smallest absolute Gasteiger partial charge is 0.184 e. The normalized spacial score (nSPS) is 23.2. The van der Waals surface area contributed by atoms with Gasteiger partial charge in [-0.3, -0.25) is 4.99 Å². The van der Waals surface area contributed by atoms with E-state index in [0.717, 1.165) is 43.6 Å². The second-order valence-corrected chi connectivity index (χ2v) is 5.51. The van der Waals surface area contributed by atoms with E-state index in [1.165, 1.54) is 18.4 Å². The largest absolute Gasteiger partial charge is 0.497 e. The number of benzene rings is 1. The predicted octanol–water partition coefficient (Wildman–Crippen LogP) is 2.55. The lowest BCUT2D eigenvalue weighted by Crippen LogP contribution is -2.29. The van der Waals surface area contributed by atoms with E-state index in [-0.39, 0.29) is 6.10 Å². The van der Waals surface area contributed by atoms with Gasteiger partial charge in [0.2, 0.25) is 0 Å². The van der Waals surface area contributed by atoms with Gasteiger partial charge >= 0.3 is 0 Å². The summed E-state index contributed by atoms with van der Waals surface area (Å²) in [5.74, 6) is 2.55. The van der Waals surface area contributed by atoms with E-state index < -0.39 is 0 Å². The number of rotatable bonds is 4. The number of piperidine rings is 1. The summed E-state index contributed by atoms with van der Waals surface area (Å²) in [6, 6.07) is 8.08. The average Bonchev–Trinajstić information content (AvgIpc) is 2.97. The fourth-order valence-corrected chi connectivity index (χ4v) is 2.86. The molecule has 1 saturated heterocycles. The molecule has 0 spiro atoms. The first-order valence-electron chi connectivity index (χ1n) is 7.40. The molecule has 3 rings (SSSR count). The fourth-order valence-electron chi connectivity index (χ4n) is 2.86. The van der Waals surface area contributed by atoms with Crippen LogP contribution in [0.3, 0.4) is 0 Å². The molecule has 2 aliphatic heterocycles. The average molecular weight is 274 g/mol. The Labute approximate surface area is 120 Å². The van der Waals surface area contributed by atoms with Crippen molar-refractivity contribution >= 4 is 5.90 Å². The second kappa shape index (κ2) is 6.27. The van der Waals surface area contributed by atoms with Crippen molar-refractivity contribution in [1.82, 2.24) is 5.32 Å². The number of ether oxygens (including phenoxy) is 2. The van der Waals surface area contributed by atoms with E-state index in [9.17, 15) is 0 Å². The number of hydrogen-bond donors (Lipinski definition) is 1. The van der Waals surface area contributed by atoms with Gasteiger partial charge in [-0.05, 0) is 49.5 Å². The van der Waals surface area contributed by atoms with Crippen molar-refractivity contribution in [2.75, 3.05) is 26.7 Å². The Morgan fingerprint density at radius 1 is 1.25 bits per heavy atom. The zero-order valence-corrected chi connectivity index (χ0v) is 12.0. The van der Waals surface area contributed by atoms with Crippen LogP contribution in [0.1, 0.15) is 30.9 Å². The molecule has 1 N–H and O–H groups in total. The van der Waals surface area contributed by atoms with Gasteiger partial charge in [-0.25, -0.2) is 0 Å². The van der Waals surface area contributed by atoms with Gasteiger partial charge in [0.1, 0.15) is 11.9 Å². The van der Waals surface area contributed by atoms with E-state index in [1.54, 1.807) is 7.11 Å². The molecule has 0 bridgehead atoms. The van der Waals surface area contributed by atoms with Gasteiger partial charge < -0.3 is 14.8 Å². The highest BCUT2D eigenvalue weighted by molar-refractivity contribution is 5.78. The highest BCUT2D eigenvalue weighted by Crippen LogP contribution is 2.28. The van der Waals surface area contributed by atoms with Crippen LogP contribution in [0.4, 0.5) is 0 Å². The Balaban J connectivity index is 1.54. The fraction of sp³-hybridized carbons (Fsp3) is 0.562. The van der Waals surface area contributed by atoms with Crippen LogP contribution in [0.15, 0.2) is 29.3 Å². The quantitative estimate of drug-likeness (QED) is 0.917. The molecule has 0 saturated carbocycles. The molecule has 0 radical (unpaired) electrons. The Hall–Kier alpha value is -1.55. The van der Waals surface area contributed by atoms with Crippen LogP contribution in [0.5, 0.6) is 5.75 Å². The van der Waals surface area contributed by atoms with Crippen LogP contribution in [0.25, 0.3) is 0 Å². The van der Waals surface area contributed by atoms with Crippen molar-refractivity contribution in [2.45, 2.75) is 25.4 Å². The molecule has 1 aromatic carbocycles. The Kier molecular flexibility index (Phi) is 4.21. The minimum Gasteiger partial charge on any atom is -0.497 e. The van der Waals surface area contributed by atoms with Gasteiger partial charge in [0, 0.05) is 6.42 Å². The second-order valence-electron chi connectivity index (χ2n) is 5.51. The van der Waals surface area contributed by atoms with E-state index in [2.05, 4.69) is 22.4 Å².